The lowest BCUT2D eigenvalue weighted by molar-refractivity contribution is -0.116. The Kier molecular flexibility index (Phi) is 6.53. The van der Waals surface area contributed by atoms with Crippen LogP contribution in [0, 0.1) is 6.92 Å². The number of anilines is 2. The summed E-state index contributed by atoms with van der Waals surface area (Å²) in [5.74, 6) is 1.52. The van der Waals surface area contributed by atoms with E-state index in [2.05, 4.69) is 15.5 Å². The largest absolute Gasteiger partial charge is 0.457 e. The van der Waals surface area contributed by atoms with Gasteiger partial charge in [0.2, 0.25) is 16.9 Å². The summed E-state index contributed by atoms with van der Waals surface area (Å²) in [6.07, 6.45) is 2.00. The van der Waals surface area contributed by atoms with Crippen molar-refractivity contribution in [3.05, 3.63) is 54.1 Å². The molecule has 31 heavy (non-hydrogen) atoms. The third kappa shape index (κ3) is 5.83. The van der Waals surface area contributed by atoms with Crippen molar-refractivity contribution in [3.8, 4) is 11.5 Å². The first-order valence-corrected chi connectivity index (χ1v) is 11.7. The van der Waals surface area contributed by atoms with Gasteiger partial charge in [-0.25, -0.2) is 0 Å². The first-order chi connectivity index (χ1) is 15.0. The zero-order valence-electron chi connectivity index (χ0n) is 17.2. The summed E-state index contributed by atoms with van der Waals surface area (Å²) >= 11 is 2.65. The molecule has 0 radical (unpaired) electrons. The molecule has 0 aliphatic heterocycles. The second kappa shape index (κ2) is 9.49. The fourth-order valence-corrected chi connectivity index (χ4v) is 4.74. The molecule has 0 bridgehead atoms. The number of hydrogen-bond donors (Lipinski definition) is 1. The molecule has 7 nitrogen and oxygen atoms in total. The SMILES string of the molecule is CC(=O)N(c1nnc(SCC(=O)Nc2ccc(Oc3cccc(C)c3)cc2)s1)C1CC1. The lowest BCUT2D eigenvalue weighted by Crippen LogP contribution is -2.30. The van der Waals surface area contributed by atoms with E-state index in [1.807, 2.05) is 43.3 Å². The van der Waals surface area contributed by atoms with Crippen LogP contribution in [0.5, 0.6) is 11.5 Å². The average Bonchev–Trinajstić information content (AvgIpc) is 3.45. The Morgan fingerprint density at radius 3 is 2.61 bits per heavy atom. The molecule has 1 aliphatic rings. The summed E-state index contributed by atoms with van der Waals surface area (Å²) in [7, 11) is 0. The van der Waals surface area contributed by atoms with Gasteiger partial charge in [-0.1, -0.05) is 35.2 Å². The molecule has 9 heteroatoms. The lowest BCUT2D eigenvalue weighted by Gasteiger charge is -2.15. The summed E-state index contributed by atoms with van der Waals surface area (Å²) in [5.41, 5.74) is 1.82. The maximum atomic E-state index is 12.3. The number of carbonyl (C=O) groups excluding carboxylic acids is 2. The number of nitrogens with zero attached hydrogens (tertiary/aromatic N) is 3. The molecular weight excluding hydrogens is 432 g/mol. The number of aromatic nitrogens is 2. The quantitative estimate of drug-likeness (QED) is 0.386. The third-order valence-corrected chi connectivity index (χ3v) is 6.60. The van der Waals surface area contributed by atoms with E-state index in [1.54, 1.807) is 17.0 Å². The zero-order valence-corrected chi connectivity index (χ0v) is 18.8. The molecule has 2 aromatic carbocycles. The van der Waals surface area contributed by atoms with Gasteiger partial charge in [0.25, 0.3) is 0 Å². The summed E-state index contributed by atoms with van der Waals surface area (Å²) in [5, 5.41) is 11.7. The van der Waals surface area contributed by atoms with Crippen molar-refractivity contribution in [1.82, 2.24) is 10.2 Å². The van der Waals surface area contributed by atoms with E-state index in [1.165, 1.54) is 30.0 Å². The van der Waals surface area contributed by atoms with E-state index in [0.717, 1.165) is 24.2 Å². The summed E-state index contributed by atoms with van der Waals surface area (Å²) in [6.45, 7) is 3.55. The fourth-order valence-electron chi connectivity index (χ4n) is 2.98. The van der Waals surface area contributed by atoms with E-state index >= 15 is 0 Å². The van der Waals surface area contributed by atoms with Gasteiger partial charge in [0.15, 0.2) is 4.34 Å². The van der Waals surface area contributed by atoms with Gasteiger partial charge < -0.3 is 10.1 Å². The molecule has 0 spiro atoms. The second-order valence-electron chi connectivity index (χ2n) is 7.25. The Bertz CT molecular complexity index is 1080. The predicted molar refractivity (Wildman–Crippen MR) is 123 cm³/mol. The van der Waals surface area contributed by atoms with E-state index in [9.17, 15) is 9.59 Å². The minimum absolute atomic E-state index is 0.0252. The fraction of sp³-hybridized carbons (Fsp3) is 0.273. The molecule has 1 N–H and O–H groups in total. The smallest absolute Gasteiger partial charge is 0.234 e. The monoisotopic (exact) mass is 454 g/mol. The number of benzene rings is 2. The van der Waals surface area contributed by atoms with Gasteiger partial charge in [-0.3, -0.25) is 14.5 Å². The summed E-state index contributed by atoms with van der Waals surface area (Å²) in [6, 6.07) is 15.3. The summed E-state index contributed by atoms with van der Waals surface area (Å²) in [4.78, 5) is 25.8. The van der Waals surface area contributed by atoms with Crippen LogP contribution in [0.1, 0.15) is 25.3 Å². The molecule has 4 rings (SSSR count). The van der Waals surface area contributed by atoms with E-state index in [0.29, 0.717) is 20.9 Å². The van der Waals surface area contributed by atoms with Crippen molar-refractivity contribution in [1.29, 1.82) is 0 Å². The summed E-state index contributed by atoms with van der Waals surface area (Å²) < 4.78 is 6.49. The van der Waals surface area contributed by atoms with Crippen molar-refractivity contribution < 1.29 is 14.3 Å². The van der Waals surface area contributed by atoms with Crippen molar-refractivity contribution in [2.24, 2.45) is 0 Å². The van der Waals surface area contributed by atoms with Crippen LogP contribution in [0.15, 0.2) is 52.9 Å². The number of hydrogen-bond acceptors (Lipinski definition) is 7. The van der Waals surface area contributed by atoms with Crippen molar-refractivity contribution in [2.75, 3.05) is 16.0 Å². The van der Waals surface area contributed by atoms with Gasteiger partial charge >= 0.3 is 0 Å². The van der Waals surface area contributed by atoms with Gasteiger partial charge in [0, 0.05) is 18.7 Å². The Balaban J connectivity index is 1.27. The highest BCUT2D eigenvalue weighted by Gasteiger charge is 2.34. The Morgan fingerprint density at radius 2 is 1.94 bits per heavy atom. The van der Waals surface area contributed by atoms with Crippen LogP contribution in [0.4, 0.5) is 10.8 Å². The topological polar surface area (TPSA) is 84.4 Å². The third-order valence-electron chi connectivity index (χ3n) is 4.54. The van der Waals surface area contributed by atoms with Gasteiger partial charge in [-0.2, -0.15) is 0 Å². The molecule has 0 saturated heterocycles. The van der Waals surface area contributed by atoms with Crippen LogP contribution >= 0.6 is 23.1 Å². The first-order valence-electron chi connectivity index (χ1n) is 9.88. The standard InChI is InChI=1S/C22H22N4O3S2/c1-14-4-3-5-19(12-14)29-18-10-6-16(7-11-18)23-20(28)13-30-22-25-24-21(31-22)26(15(2)27)17-8-9-17/h3-7,10-12,17H,8-9,13H2,1-2H3,(H,23,28). The van der Waals surface area contributed by atoms with Crippen LogP contribution < -0.4 is 15.0 Å². The molecule has 1 aliphatic carbocycles. The van der Waals surface area contributed by atoms with Crippen LogP contribution in [0.25, 0.3) is 0 Å². The molecule has 3 aromatic rings. The molecule has 1 aromatic heterocycles. The molecule has 0 unspecified atom stereocenters. The molecule has 2 amide bonds. The maximum absolute atomic E-state index is 12.3. The van der Waals surface area contributed by atoms with Crippen molar-refractivity contribution in [2.45, 2.75) is 37.1 Å². The van der Waals surface area contributed by atoms with Crippen molar-refractivity contribution in [3.63, 3.8) is 0 Å². The zero-order chi connectivity index (χ0) is 21.8. The molecule has 1 heterocycles. The molecule has 160 valence electrons. The second-order valence-corrected chi connectivity index (χ2v) is 9.43. The maximum Gasteiger partial charge on any atom is 0.234 e. The highest BCUT2D eigenvalue weighted by atomic mass is 32.2. The Labute approximate surface area is 188 Å². The Morgan fingerprint density at radius 1 is 1.16 bits per heavy atom. The van der Waals surface area contributed by atoms with Crippen LogP contribution in [0.3, 0.4) is 0 Å². The first kappa shape index (κ1) is 21.3. The number of ether oxygens (including phenoxy) is 1. The number of carbonyl (C=O) groups is 2. The lowest BCUT2D eigenvalue weighted by atomic mass is 10.2. The minimum Gasteiger partial charge on any atom is -0.457 e. The number of thioether (sulfide) groups is 1. The van der Waals surface area contributed by atoms with Gasteiger partial charge in [-0.15, -0.1) is 10.2 Å². The minimum atomic E-state index is -0.139. The van der Waals surface area contributed by atoms with E-state index in [4.69, 9.17) is 4.74 Å². The molecular formula is C22H22N4O3S2. The van der Waals surface area contributed by atoms with Gasteiger partial charge in [0.05, 0.1) is 5.75 Å². The molecule has 1 saturated carbocycles. The van der Waals surface area contributed by atoms with Crippen molar-refractivity contribution >= 4 is 45.7 Å². The predicted octanol–water partition coefficient (Wildman–Crippen LogP) is 4.88. The number of rotatable bonds is 8. The molecule has 0 atom stereocenters. The number of amides is 2. The number of nitrogens with one attached hydrogen (secondary N) is 1. The van der Waals surface area contributed by atoms with Gasteiger partial charge in [0.1, 0.15) is 11.5 Å². The van der Waals surface area contributed by atoms with Crippen LogP contribution in [-0.4, -0.2) is 33.8 Å². The van der Waals surface area contributed by atoms with Crippen LogP contribution in [-0.2, 0) is 9.59 Å². The Hall–Kier alpha value is -2.91. The van der Waals surface area contributed by atoms with Gasteiger partial charge in [-0.05, 0) is 61.7 Å². The van der Waals surface area contributed by atoms with Crippen LogP contribution in [0.2, 0.25) is 0 Å². The highest BCUT2D eigenvalue weighted by molar-refractivity contribution is 8.01. The van der Waals surface area contributed by atoms with E-state index in [-0.39, 0.29) is 23.6 Å². The average molecular weight is 455 g/mol. The van der Waals surface area contributed by atoms with E-state index < -0.39 is 0 Å². The molecule has 1 fully saturated rings. The highest BCUT2D eigenvalue weighted by Crippen LogP contribution is 2.35. The number of aryl methyl sites for hydroxylation is 1. The normalized spacial score (nSPS) is 13.0.